The topological polar surface area (TPSA) is 115 Å². The second-order valence-corrected chi connectivity index (χ2v) is 5.89. The van der Waals surface area contributed by atoms with E-state index in [0.717, 1.165) is 0 Å². The standard InChI is InChI=1S/C21H23N3O6/c1-3-29-18-11-15(9-10-17(18)30-14-21(27)28-2)13-22-24-20(26)12-19(25)23-16-7-5-4-6-8-16/h4-11,13H,3,12,14H2,1-2H3,(H,23,25)(H,24,26). The van der Waals surface area contributed by atoms with Crippen LogP contribution in [0.2, 0.25) is 0 Å². The number of anilines is 1. The van der Waals surface area contributed by atoms with Crippen LogP contribution in [0, 0.1) is 0 Å². The molecule has 0 fully saturated rings. The lowest BCUT2D eigenvalue weighted by molar-refractivity contribution is -0.143. The summed E-state index contributed by atoms with van der Waals surface area (Å²) in [6.45, 7) is 1.96. The highest BCUT2D eigenvalue weighted by Gasteiger charge is 2.10. The number of hydrogen-bond donors (Lipinski definition) is 2. The number of para-hydroxylation sites is 1. The summed E-state index contributed by atoms with van der Waals surface area (Å²) in [5, 5.41) is 6.46. The number of amides is 2. The van der Waals surface area contributed by atoms with Gasteiger partial charge in [-0.05, 0) is 42.8 Å². The van der Waals surface area contributed by atoms with Crippen LogP contribution < -0.4 is 20.2 Å². The SMILES string of the molecule is CCOc1cc(C=NNC(=O)CC(=O)Nc2ccccc2)ccc1OCC(=O)OC. The highest BCUT2D eigenvalue weighted by Crippen LogP contribution is 2.28. The van der Waals surface area contributed by atoms with Crippen LogP contribution >= 0.6 is 0 Å². The Hall–Kier alpha value is -3.88. The van der Waals surface area contributed by atoms with E-state index in [1.165, 1.54) is 13.3 Å². The molecule has 2 aromatic rings. The average molecular weight is 413 g/mol. The summed E-state index contributed by atoms with van der Waals surface area (Å²) < 4.78 is 15.4. The van der Waals surface area contributed by atoms with Gasteiger partial charge in [-0.15, -0.1) is 0 Å². The molecule has 0 radical (unpaired) electrons. The van der Waals surface area contributed by atoms with Gasteiger partial charge in [0.1, 0.15) is 6.42 Å². The molecule has 0 heterocycles. The maximum Gasteiger partial charge on any atom is 0.343 e. The number of benzene rings is 2. The summed E-state index contributed by atoms with van der Waals surface area (Å²) >= 11 is 0. The van der Waals surface area contributed by atoms with Crippen LogP contribution in [0.15, 0.2) is 53.6 Å². The molecule has 0 unspecified atom stereocenters. The molecule has 2 aromatic carbocycles. The number of hydrazone groups is 1. The third-order valence-corrected chi connectivity index (χ3v) is 3.62. The maximum atomic E-state index is 11.9. The molecule has 0 aromatic heterocycles. The molecule has 2 N–H and O–H groups in total. The first kappa shape index (κ1) is 22.4. The van der Waals surface area contributed by atoms with E-state index in [2.05, 4.69) is 20.6 Å². The van der Waals surface area contributed by atoms with E-state index in [-0.39, 0.29) is 13.0 Å². The molecule has 0 aliphatic heterocycles. The lowest BCUT2D eigenvalue weighted by atomic mass is 10.2. The van der Waals surface area contributed by atoms with Gasteiger partial charge in [0.25, 0.3) is 0 Å². The van der Waals surface area contributed by atoms with E-state index in [1.54, 1.807) is 42.5 Å². The number of nitrogens with zero attached hydrogens (tertiary/aromatic N) is 1. The number of hydrogen-bond acceptors (Lipinski definition) is 7. The zero-order chi connectivity index (χ0) is 21.8. The Morgan fingerprint density at radius 1 is 1.00 bits per heavy atom. The number of methoxy groups -OCH3 is 1. The van der Waals surface area contributed by atoms with E-state index < -0.39 is 17.8 Å². The highest BCUT2D eigenvalue weighted by atomic mass is 16.6. The van der Waals surface area contributed by atoms with Crippen LogP contribution in [0.4, 0.5) is 5.69 Å². The second kappa shape index (κ2) is 11.8. The monoisotopic (exact) mass is 413 g/mol. The maximum absolute atomic E-state index is 11.9. The third kappa shape index (κ3) is 7.63. The molecule has 9 nitrogen and oxygen atoms in total. The zero-order valence-electron chi connectivity index (χ0n) is 16.7. The molecular formula is C21H23N3O6. The van der Waals surface area contributed by atoms with Crippen LogP contribution in [-0.4, -0.2) is 44.3 Å². The fourth-order valence-corrected chi connectivity index (χ4v) is 2.28. The number of carbonyl (C=O) groups excluding carboxylic acids is 3. The van der Waals surface area contributed by atoms with Gasteiger partial charge >= 0.3 is 5.97 Å². The van der Waals surface area contributed by atoms with Gasteiger partial charge in [0, 0.05) is 5.69 Å². The largest absolute Gasteiger partial charge is 0.490 e. The summed E-state index contributed by atoms with van der Waals surface area (Å²) in [7, 11) is 1.27. The first-order chi connectivity index (χ1) is 14.5. The van der Waals surface area contributed by atoms with Crippen molar-refractivity contribution in [3.8, 4) is 11.5 Å². The normalized spacial score (nSPS) is 10.3. The number of rotatable bonds is 10. The molecule has 0 bridgehead atoms. The minimum Gasteiger partial charge on any atom is -0.490 e. The van der Waals surface area contributed by atoms with Crippen LogP contribution in [-0.2, 0) is 19.1 Å². The fraction of sp³-hybridized carbons (Fsp3) is 0.238. The van der Waals surface area contributed by atoms with Crippen LogP contribution in [0.5, 0.6) is 11.5 Å². The Labute approximate surface area is 174 Å². The molecule has 2 rings (SSSR count). The van der Waals surface area contributed by atoms with Crippen LogP contribution in [0.25, 0.3) is 0 Å². The molecule has 0 saturated heterocycles. The molecule has 0 aliphatic rings. The predicted molar refractivity (Wildman–Crippen MR) is 111 cm³/mol. The molecular weight excluding hydrogens is 390 g/mol. The van der Waals surface area contributed by atoms with Crippen molar-refractivity contribution in [2.45, 2.75) is 13.3 Å². The highest BCUT2D eigenvalue weighted by molar-refractivity contribution is 6.03. The predicted octanol–water partition coefficient (Wildman–Crippen LogP) is 2.12. The van der Waals surface area contributed by atoms with E-state index in [1.807, 2.05) is 13.0 Å². The molecule has 30 heavy (non-hydrogen) atoms. The number of nitrogens with one attached hydrogen (secondary N) is 2. The summed E-state index contributed by atoms with van der Waals surface area (Å²) in [4.78, 5) is 34.9. The molecule has 0 saturated carbocycles. The van der Waals surface area contributed by atoms with Gasteiger partial charge in [-0.1, -0.05) is 18.2 Å². The minimum atomic E-state index is -0.553. The van der Waals surface area contributed by atoms with Gasteiger partial charge in [-0.3, -0.25) is 9.59 Å². The van der Waals surface area contributed by atoms with Crippen molar-refractivity contribution in [3.05, 3.63) is 54.1 Å². The number of carbonyl (C=O) groups is 3. The first-order valence-corrected chi connectivity index (χ1v) is 9.15. The van der Waals surface area contributed by atoms with Crippen LogP contribution in [0.3, 0.4) is 0 Å². The summed E-state index contributed by atoms with van der Waals surface area (Å²) in [5.74, 6) is -0.718. The van der Waals surface area contributed by atoms with Gasteiger partial charge in [0.15, 0.2) is 18.1 Å². The molecule has 2 amide bonds. The van der Waals surface area contributed by atoms with E-state index in [0.29, 0.717) is 29.4 Å². The van der Waals surface area contributed by atoms with E-state index >= 15 is 0 Å². The fourth-order valence-electron chi connectivity index (χ4n) is 2.28. The van der Waals surface area contributed by atoms with Gasteiger partial charge < -0.3 is 19.5 Å². The molecule has 0 aliphatic carbocycles. The van der Waals surface area contributed by atoms with Crippen molar-refractivity contribution < 1.29 is 28.6 Å². The van der Waals surface area contributed by atoms with Crippen molar-refractivity contribution in [3.63, 3.8) is 0 Å². The second-order valence-electron chi connectivity index (χ2n) is 5.89. The van der Waals surface area contributed by atoms with Crippen molar-refractivity contribution in [1.29, 1.82) is 0 Å². The summed E-state index contributed by atoms with van der Waals surface area (Å²) in [6, 6.07) is 13.8. The smallest absolute Gasteiger partial charge is 0.343 e. The van der Waals surface area contributed by atoms with Crippen molar-refractivity contribution in [1.82, 2.24) is 5.43 Å². The minimum absolute atomic E-state index is 0.245. The van der Waals surface area contributed by atoms with Crippen molar-refractivity contribution in [2.75, 3.05) is 25.6 Å². The molecule has 0 atom stereocenters. The number of ether oxygens (including phenoxy) is 3. The van der Waals surface area contributed by atoms with Crippen molar-refractivity contribution >= 4 is 29.7 Å². The average Bonchev–Trinajstić information content (AvgIpc) is 2.73. The lowest BCUT2D eigenvalue weighted by Crippen LogP contribution is -2.24. The summed E-state index contributed by atoms with van der Waals surface area (Å²) in [6.07, 6.45) is 1.04. The Balaban J connectivity index is 1.89. The van der Waals surface area contributed by atoms with Gasteiger partial charge in [0.2, 0.25) is 11.8 Å². The van der Waals surface area contributed by atoms with Gasteiger partial charge in [0.05, 0.1) is 19.9 Å². The van der Waals surface area contributed by atoms with E-state index in [4.69, 9.17) is 9.47 Å². The molecule has 158 valence electrons. The van der Waals surface area contributed by atoms with Crippen LogP contribution in [0.1, 0.15) is 18.9 Å². The third-order valence-electron chi connectivity index (χ3n) is 3.62. The Morgan fingerprint density at radius 3 is 2.47 bits per heavy atom. The molecule has 9 heteroatoms. The quantitative estimate of drug-likeness (QED) is 0.267. The Kier molecular flexibility index (Phi) is 8.85. The van der Waals surface area contributed by atoms with E-state index in [9.17, 15) is 14.4 Å². The Morgan fingerprint density at radius 2 is 1.77 bits per heavy atom. The zero-order valence-corrected chi connectivity index (χ0v) is 16.7. The lowest BCUT2D eigenvalue weighted by Gasteiger charge is -2.11. The van der Waals surface area contributed by atoms with Gasteiger partial charge in [-0.25, -0.2) is 10.2 Å². The van der Waals surface area contributed by atoms with Crippen molar-refractivity contribution in [2.24, 2.45) is 5.10 Å². The first-order valence-electron chi connectivity index (χ1n) is 9.15. The van der Waals surface area contributed by atoms with Gasteiger partial charge in [-0.2, -0.15) is 5.10 Å². The Bertz CT molecular complexity index is 899. The molecule has 0 spiro atoms. The number of esters is 1. The summed E-state index contributed by atoms with van der Waals surface area (Å²) in [5.41, 5.74) is 3.53.